The number of imidazole rings is 1. The lowest BCUT2D eigenvalue weighted by molar-refractivity contribution is -0.0985. The van der Waals surface area contributed by atoms with E-state index in [-0.39, 0.29) is 0 Å². The molecule has 2 aromatic rings. The van der Waals surface area contributed by atoms with E-state index in [1.807, 2.05) is 0 Å². The SMILES string of the molecule is CCn1c(-c2cnccn2)nc2c1CN(O)C2. The standard InChI is InChI=1S/C11H13N5O/c1-2-16-10-7-15(17)6-9(10)14-11(16)8-5-12-3-4-13-8/h3-5,17H,2,6-7H2,1H3. The van der Waals surface area contributed by atoms with Gasteiger partial charge in [-0.15, -0.1) is 0 Å². The molecule has 17 heavy (non-hydrogen) atoms. The molecule has 6 nitrogen and oxygen atoms in total. The molecule has 0 bridgehead atoms. The van der Waals surface area contributed by atoms with Gasteiger partial charge in [-0.25, -0.2) is 9.97 Å². The van der Waals surface area contributed by atoms with Gasteiger partial charge in [0.2, 0.25) is 0 Å². The summed E-state index contributed by atoms with van der Waals surface area (Å²) in [5, 5.41) is 10.7. The number of aromatic nitrogens is 4. The molecule has 0 radical (unpaired) electrons. The molecule has 0 spiro atoms. The van der Waals surface area contributed by atoms with E-state index in [2.05, 4.69) is 26.4 Å². The van der Waals surface area contributed by atoms with Crippen LogP contribution in [0.4, 0.5) is 0 Å². The third-order valence-corrected chi connectivity index (χ3v) is 2.93. The molecule has 1 aliphatic rings. The van der Waals surface area contributed by atoms with Crippen molar-refractivity contribution in [2.75, 3.05) is 0 Å². The summed E-state index contributed by atoms with van der Waals surface area (Å²) in [5.74, 6) is 0.832. The summed E-state index contributed by atoms with van der Waals surface area (Å²) in [6.45, 7) is 3.87. The van der Waals surface area contributed by atoms with Crippen LogP contribution in [0.3, 0.4) is 0 Å². The lowest BCUT2D eigenvalue weighted by atomic mass is 10.4. The van der Waals surface area contributed by atoms with Gasteiger partial charge in [-0.3, -0.25) is 4.98 Å². The van der Waals surface area contributed by atoms with E-state index in [0.717, 1.165) is 29.5 Å². The fourth-order valence-corrected chi connectivity index (χ4v) is 2.19. The van der Waals surface area contributed by atoms with Crippen LogP contribution in [-0.4, -0.2) is 29.8 Å². The Morgan fingerprint density at radius 1 is 1.35 bits per heavy atom. The minimum Gasteiger partial charge on any atom is -0.325 e. The second kappa shape index (κ2) is 3.90. The van der Waals surface area contributed by atoms with Crippen LogP contribution in [0.25, 0.3) is 11.5 Å². The van der Waals surface area contributed by atoms with E-state index < -0.39 is 0 Å². The van der Waals surface area contributed by atoms with Crippen molar-refractivity contribution in [3.8, 4) is 11.5 Å². The third-order valence-electron chi connectivity index (χ3n) is 2.93. The van der Waals surface area contributed by atoms with Crippen molar-refractivity contribution < 1.29 is 5.21 Å². The fraction of sp³-hybridized carbons (Fsp3) is 0.364. The van der Waals surface area contributed by atoms with Gasteiger partial charge < -0.3 is 9.77 Å². The first-order valence-electron chi connectivity index (χ1n) is 5.58. The monoisotopic (exact) mass is 231 g/mol. The van der Waals surface area contributed by atoms with Crippen molar-refractivity contribution in [3.05, 3.63) is 30.0 Å². The van der Waals surface area contributed by atoms with Gasteiger partial charge in [0.15, 0.2) is 5.82 Å². The van der Waals surface area contributed by atoms with Crippen molar-refractivity contribution >= 4 is 0 Å². The Kier molecular flexibility index (Phi) is 2.38. The maximum Gasteiger partial charge on any atom is 0.160 e. The molecule has 3 rings (SSSR count). The minimum atomic E-state index is 0.482. The predicted octanol–water partition coefficient (Wildman–Crippen LogP) is 1.06. The molecule has 0 aromatic carbocycles. The second-order valence-electron chi connectivity index (χ2n) is 3.99. The van der Waals surface area contributed by atoms with E-state index in [1.165, 1.54) is 5.06 Å². The minimum absolute atomic E-state index is 0.482. The quantitative estimate of drug-likeness (QED) is 0.837. The fourth-order valence-electron chi connectivity index (χ4n) is 2.19. The van der Waals surface area contributed by atoms with Crippen LogP contribution in [0.5, 0.6) is 0 Å². The van der Waals surface area contributed by atoms with Crippen molar-refractivity contribution in [2.45, 2.75) is 26.6 Å². The number of fused-ring (bicyclic) bond motifs is 1. The summed E-state index contributed by atoms with van der Waals surface area (Å²) in [5.41, 5.74) is 2.76. The van der Waals surface area contributed by atoms with Gasteiger partial charge in [-0.1, -0.05) is 0 Å². The van der Waals surface area contributed by atoms with Crippen molar-refractivity contribution in [3.63, 3.8) is 0 Å². The Morgan fingerprint density at radius 3 is 2.94 bits per heavy atom. The highest BCUT2D eigenvalue weighted by Gasteiger charge is 2.26. The normalized spacial score (nSPS) is 15.2. The van der Waals surface area contributed by atoms with Crippen LogP contribution in [0.1, 0.15) is 18.3 Å². The Labute approximate surface area is 98.5 Å². The van der Waals surface area contributed by atoms with Gasteiger partial charge in [-0.05, 0) is 6.92 Å². The molecule has 3 heterocycles. The molecule has 0 saturated carbocycles. The first-order valence-corrected chi connectivity index (χ1v) is 5.58. The number of nitrogens with zero attached hydrogens (tertiary/aromatic N) is 5. The number of hydrogen-bond acceptors (Lipinski definition) is 5. The summed E-state index contributed by atoms with van der Waals surface area (Å²) >= 11 is 0. The summed E-state index contributed by atoms with van der Waals surface area (Å²) in [6, 6.07) is 0. The highest BCUT2D eigenvalue weighted by molar-refractivity contribution is 5.50. The molecule has 0 atom stereocenters. The van der Waals surface area contributed by atoms with Gasteiger partial charge >= 0.3 is 0 Å². The molecular formula is C11H13N5O. The molecule has 0 amide bonds. The molecule has 6 heteroatoms. The lowest BCUT2D eigenvalue weighted by Gasteiger charge is -2.09. The maximum absolute atomic E-state index is 9.47. The van der Waals surface area contributed by atoms with E-state index in [9.17, 15) is 5.21 Å². The molecule has 0 unspecified atom stereocenters. The summed E-state index contributed by atoms with van der Waals surface area (Å²) < 4.78 is 2.08. The van der Waals surface area contributed by atoms with Crippen molar-refractivity contribution in [2.24, 2.45) is 0 Å². The number of hydroxylamine groups is 2. The Bertz CT molecular complexity index is 536. The lowest BCUT2D eigenvalue weighted by Crippen LogP contribution is -2.13. The Hall–Kier alpha value is -1.79. The van der Waals surface area contributed by atoms with E-state index in [4.69, 9.17) is 0 Å². The van der Waals surface area contributed by atoms with Crippen LogP contribution >= 0.6 is 0 Å². The third kappa shape index (κ3) is 1.62. The van der Waals surface area contributed by atoms with Gasteiger partial charge in [0.1, 0.15) is 5.69 Å². The molecule has 0 fully saturated rings. The Morgan fingerprint density at radius 2 is 2.24 bits per heavy atom. The summed E-state index contributed by atoms with van der Waals surface area (Å²) in [7, 11) is 0. The summed E-state index contributed by atoms with van der Waals surface area (Å²) in [6.07, 6.45) is 5.01. The zero-order valence-electron chi connectivity index (χ0n) is 9.54. The predicted molar refractivity (Wildman–Crippen MR) is 60.0 cm³/mol. The topological polar surface area (TPSA) is 67.1 Å². The second-order valence-corrected chi connectivity index (χ2v) is 3.99. The molecule has 0 aliphatic carbocycles. The molecule has 88 valence electrons. The van der Waals surface area contributed by atoms with Crippen LogP contribution in [-0.2, 0) is 19.6 Å². The van der Waals surface area contributed by atoms with Crippen LogP contribution in [0.2, 0.25) is 0 Å². The van der Waals surface area contributed by atoms with E-state index in [1.54, 1.807) is 18.6 Å². The highest BCUT2D eigenvalue weighted by Crippen LogP contribution is 2.26. The van der Waals surface area contributed by atoms with Crippen LogP contribution in [0.15, 0.2) is 18.6 Å². The first-order chi connectivity index (χ1) is 8.29. The number of rotatable bonds is 2. The average molecular weight is 231 g/mol. The van der Waals surface area contributed by atoms with Crippen LogP contribution < -0.4 is 0 Å². The Balaban J connectivity index is 2.11. The first kappa shape index (κ1) is 10.4. The van der Waals surface area contributed by atoms with Gasteiger partial charge in [-0.2, -0.15) is 5.06 Å². The van der Waals surface area contributed by atoms with E-state index >= 15 is 0 Å². The van der Waals surface area contributed by atoms with Crippen molar-refractivity contribution in [1.82, 2.24) is 24.6 Å². The van der Waals surface area contributed by atoms with E-state index in [0.29, 0.717) is 13.1 Å². The number of hydrogen-bond donors (Lipinski definition) is 1. The van der Waals surface area contributed by atoms with Crippen molar-refractivity contribution in [1.29, 1.82) is 0 Å². The zero-order chi connectivity index (χ0) is 11.8. The maximum atomic E-state index is 9.47. The zero-order valence-corrected chi connectivity index (χ0v) is 9.54. The highest BCUT2D eigenvalue weighted by atomic mass is 16.5. The summed E-state index contributed by atoms with van der Waals surface area (Å²) in [4.78, 5) is 12.9. The van der Waals surface area contributed by atoms with Crippen LogP contribution in [0, 0.1) is 0 Å². The molecular weight excluding hydrogens is 218 g/mol. The van der Waals surface area contributed by atoms with Gasteiger partial charge in [0.05, 0.1) is 30.7 Å². The molecule has 2 aromatic heterocycles. The van der Waals surface area contributed by atoms with Gasteiger partial charge in [0.25, 0.3) is 0 Å². The average Bonchev–Trinajstić information content (AvgIpc) is 2.85. The molecule has 1 aliphatic heterocycles. The van der Waals surface area contributed by atoms with Gasteiger partial charge in [0, 0.05) is 18.9 Å². The molecule has 0 saturated heterocycles. The molecule has 1 N–H and O–H groups in total. The smallest absolute Gasteiger partial charge is 0.160 e. The largest absolute Gasteiger partial charge is 0.325 e.